The number of carbonyl (C=O) groups excluding carboxylic acids is 1. The molecule has 0 bridgehead atoms. The van der Waals surface area contributed by atoms with Crippen molar-refractivity contribution in [3.8, 4) is 11.3 Å². The van der Waals surface area contributed by atoms with Crippen LogP contribution in [0.3, 0.4) is 0 Å². The van der Waals surface area contributed by atoms with Crippen molar-refractivity contribution >= 4 is 23.4 Å². The SMILES string of the molecule is CCOCN(c1ncc(-c2ccc(C)c(N3CCNC3=O)c2)o1)c1ccccc1C. The number of rotatable bonds is 7. The summed E-state index contributed by atoms with van der Waals surface area (Å²) in [5, 5.41) is 2.85. The number of oxazole rings is 1. The number of hydrogen-bond acceptors (Lipinski definition) is 5. The minimum absolute atomic E-state index is 0.0732. The Morgan fingerprint density at radius 2 is 2.03 bits per heavy atom. The van der Waals surface area contributed by atoms with Gasteiger partial charge >= 0.3 is 12.0 Å². The first-order valence-electron chi connectivity index (χ1n) is 10.1. The molecular formula is C23H26N4O3. The number of urea groups is 1. The van der Waals surface area contributed by atoms with E-state index in [2.05, 4.69) is 10.3 Å². The number of benzene rings is 2. The fourth-order valence-electron chi connectivity index (χ4n) is 3.55. The minimum atomic E-state index is -0.0732. The van der Waals surface area contributed by atoms with Crippen molar-refractivity contribution in [2.24, 2.45) is 0 Å². The van der Waals surface area contributed by atoms with Crippen molar-refractivity contribution in [2.45, 2.75) is 20.8 Å². The van der Waals surface area contributed by atoms with Gasteiger partial charge in [0.1, 0.15) is 6.73 Å². The zero-order valence-electron chi connectivity index (χ0n) is 17.5. The third-order valence-corrected chi connectivity index (χ3v) is 5.20. The Balaban J connectivity index is 1.67. The van der Waals surface area contributed by atoms with Gasteiger partial charge in [-0.15, -0.1) is 0 Å². The smallest absolute Gasteiger partial charge is 0.322 e. The topological polar surface area (TPSA) is 70.8 Å². The van der Waals surface area contributed by atoms with Crippen LogP contribution in [0.4, 0.5) is 22.2 Å². The average molecular weight is 406 g/mol. The number of carbonyl (C=O) groups is 1. The lowest BCUT2D eigenvalue weighted by atomic mass is 10.1. The number of ether oxygens (including phenoxy) is 1. The highest BCUT2D eigenvalue weighted by Crippen LogP contribution is 2.33. The number of aryl methyl sites for hydroxylation is 2. The van der Waals surface area contributed by atoms with Crippen LogP contribution in [0.2, 0.25) is 0 Å². The number of hydrogen-bond donors (Lipinski definition) is 1. The van der Waals surface area contributed by atoms with E-state index in [9.17, 15) is 4.79 Å². The Bertz CT molecular complexity index is 1050. The number of para-hydroxylation sites is 1. The van der Waals surface area contributed by atoms with Gasteiger partial charge in [0.05, 0.1) is 11.9 Å². The Hall–Kier alpha value is -3.32. The molecule has 2 amide bonds. The average Bonchev–Trinajstić information content (AvgIpc) is 3.39. The predicted octanol–water partition coefficient (Wildman–Crippen LogP) is 4.62. The highest BCUT2D eigenvalue weighted by molar-refractivity contribution is 5.95. The van der Waals surface area contributed by atoms with Gasteiger partial charge in [0, 0.05) is 30.9 Å². The minimum Gasteiger partial charge on any atom is -0.423 e. The van der Waals surface area contributed by atoms with E-state index < -0.39 is 0 Å². The van der Waals surface area contributed by atoms with E-state index in [-0.39, 0.29) is 6.03 Å². The number of aromatic nitrogens is 1. The van der Waals surface area contributed by atoms with E-state index in [0.29, 0.717) is 38.2 Å². The normalized spacial score (nSPS) is 13.6. The van der Waals surface area contributed by atoms with Crippen LogP contribution in [0.15, 0.2) is 53.1 Å². The maximum absolute atomic E-state index is 12.1. The van der Waals surface area contributed by atoms with E-state index in [0.717, 1.165) is 28.1 Å². The van der Waals surface area contributed by atoms with Gasteiger partial charge < -0.3 is 14.5 Å². The quantitative estimate of drug-likeness (QED) is 0.580. The number of anilines is 3. The van der Waals surface area contributed by atoms with Crippen LogP contribution in [0.1, 0.15) is 18.1 Å². The Kier molecular flexibility index (Phi) is 5.72. The highest BCUT2D eigenvalue weighted by Gasteiger charge is 2.24. The van der Waals surface area contributed by atoms with Gasteiger partial charge in [-0.2, -0.15) is 0 Å². The van der Waals surface area contributed by atoms with Gasteiger partial charge in [-0.25, -0.2) is 9.78 Å². The summed E-state index contributed by atoms with van der Waals surface area (Å²) in [6.45, 7) is 8.24. The van der Waals surface area contributed by atoms with Crippen molar-refractivity contribution in [3.63, 3.8) is 0 Å². The van der Waals surface area contributed by atoms with E-state index in [1.165, 1.54) is 0 Å². The first-order valence-corrected chi connectivity index (χ1v) is 10.1. The molecule has 1 fully saturated rings. The van der Waals surface area contributed by atoms with Crippen LogP contribution < -0.4 is 15.1 Å². The van der Waals surface area contributed by atoms with Crippen LogP contribution in [-0.4, -0.2) is 37.4 Å². The summed E-state index contributed by atoms with van der Waals surface area (Å²) in [6.07, 6.45) is 1.71. The van der Waals surface area contributed by atoms with Gasteiger partial charge in [0.15, 0.2) is 5.76 Å². The maximum atomic E-state index is 12.1. The molecule has 7 nitrogen and oxygen atoms in total. The number of nitrogens with zero attached hydrogens (tertiary/aromatic N) is 3. The molecule has 7 heteroatoms. The third-order valence-electron chi connectivity index (χ3n) is 5.20. The molecule has 3 aromatic rings. The Morgan fingerprint density at radius 1 is 1.20 bits per heavy atom. The van der Waals surface area contributed by atoms with Gasteiger partial charge in [-0.3, -0.25) is 9.80 Å². The summed E-state index contributed by atoms with van der Waals surface area (Å²) in [5.74, 6) is 0.640. The summed E-state index contributed by atoms with van der Waals surface area (Å²) in [5.41, 5.74) is 4.88. The summed E-state index contributed by atoms with van der Waals surface area (Å²) >= 11 is 0. The second kappa shape index (κ2) is 8.59. The molecule has 2 aromatic carbocycles. The van der Waals surface area contributed by atoms with Crippen molar-refractivity contribution in [3.05, 3.63) is 59.8 Å². The van der Waals surface area contributed by atoms with Gasteiger partial charge in [0.2, 0.25) is 0 Å². The first-order chi connectivity index (χ1) is 14.6. The van der Waals surface area contributed by atoms with Crippen molar-refractivity contribution in [2.75, 3.05) is 36.2 Å². The monoisotopic (exact) mass is 406 g/mol. The zero-order valence-corrected chi connectivity index (χ0v) is 17.5. The molecule has 1 N–H and O–H groups in total. The summed E-state index contributed by atoms with van der Waals surface area (Å²) in [7, 11) is 0. The molecule has 1 aromatic heterocycles. The molecule has 4 rings (SSSR count). The molecule has 1 aliphatic heterocycles. The molecule has 0 atom stereocenters. The van der Waals surface area contributed by atoms with Crippen LogP contribution in [0, 0.1) is 13.8 Å². The summed E-state index contributed by atoms with van der Waals surface area (Å²) in [4.78, 5) is 20.3. The van der Waals surface area contributed by atoms with Crippen LogP contribution in [-0.2, 0) is 4.74 Å². The first kappa shape index (κ1) is 20.0. The van der Waals surface area contributed by atoms with Crippen LogP contribution in [0.25, 0.3) is 11.3 Å². The number of nitrogens with one attached hydrogen (secondary N) is 1. The second-order valence-electron chi connectivity index (χ2n) is 7.23. The predicted molar refractivity (Wildman–Crippen MR) is 117 cm³/mol. The molecule has 0 spiro atoms. The molecule has 1 saturated heterocycles. The van der Waals surface area contributed by atoms with Gasteiger partial charge in [-0.05, 0) is 44.0 Å². The molecule has 0 aliphatic carbocycles. The summed E-state index contributed by atoms with van der Waals surface area (Å²) < 4.78 is 11.8. The standard InChI is InChI=1S/C23H26N4O3/c1-4-29-15-27(19-8-6-5-7-16(19)2)23-25-14-21(30-23)18-10-9-17(3)20(13-18)26-12-11-24-22(26)28/h5-10,13-14H,4,11-12,15H2,1-3H3,(H,24,28). The molecule has 30 heavy (non-hydrogen) atoms. The zero-order chi connectivity index (χ0) is 21.1. The molecule has 156 valence electrons. The Labute approximate surface area is 176 Å². The lowest BCUT2D eigenvalue weighted by Crippen LogP contribution is -2.28. The molecule has 0 unspecified atom stereocenters. The fourth-order valence-corrected chi connectivity index (χ4v) is 3.55. The lowest BCUT2D eigenvalue weighted by molar-refractivity contribution is 0.151. The van der Waals surface area contributed by atoms with E-state index in [4.69, 9.17) is 9.15 Å². The van der Waals surface area contributed by atoms with Crippen molar-refractivity contribution in [1.82, 2.24) is 10.3 Å². The molecule has 2 heterocycles. The lowest BCUT2D eigenvalue weighted by Gasteiger charge is -2.22. The van der Waals surface area contributed by atoms with Crippen molar-refractivity contribution in [1.29, 1.82) is 0 Å². The molecular weight excluding hydrogens is 380 g/mol. The Morgan fingerprint density at radius 3 is 2.77 bits per heavy atom. The van der Waals surface area contributed by atoms with E-state index >= 15 is 0 Å². The molecule has 0 radical (unpaired) electrons. The summed E-state index contributed by atoms with van der Waals surface area (Å²) in [6, 6.07) is 14.4. The maximum Gasteiger partial charge on any atom is 0.322 e. The van der Waals surface area contributed by atoms with Crippen LogP contribution >= 0.6 is 0 Å². The largest absolute Gasteiger partial charge is 0.423 e. The molecule has 0 saturated carbocycles. The fraction of sp³-hybridized carbons (Fsp3) is 0.304. The third kappa shape index (κ3) is 3.89. The second-order valence-corrected chi connectivity index (χ2v) is 7.23. The van der Waals surface area contributed by atoms with Gasteiger partial charge in [0.25, 0.3) is 0 Å². The molecule has 1 aliphatic rings. The van der Waals surface area contributed by atoms with Gasteiger partial charge in [-0.1, -0.05) is 30.3 Å². The van der Waals surface area contributed by atoms with E-state index in [1.54, 1.807) is 11.1 Å². The van der Waals surface area contributed by atoms with Crippen molar-refractivity contribution < 1.29 is 13.9 Å². The highest BCUT2D eigenvalue weighted by atomic mass is 16.5. The number of amides is 2. The van der Waals surface area contributed by atoms with Crippen LogP contribution in [0.5, 0.6) is 0 Å². The van der Waals surface area contributed by atoms with E-state index in [1.807, 2.05) is 68.1 Å².